The van der Waals surface area contributed by atoms with Crippen molar-refractivity contribution in [1.82, 2.24) is 9.97 Å². The number of halogens is 1. The SMILES string of the molecule is Cc1cccc(-c2ncc(Br)[nH]2)c1. The summed E-state index contributed by atoms with van der Waals surface area (Å²) in [4.78, 5) is 7.35. The molecule has 0 fully saturated rings. The summed E-state index contributed by atoms with van der Waals surface area (Å²) in [5.74, 6) is 0.899. The number of aromatic amines is 1. The van der Waals surface area contributed by atoms with E-state index in [2.05, 4.69) is 45.0 Å². The molecule has 13 heavy (non-hydrogen) atoms. The number of nitrogens with one attached hydrogen (secondary N) is 1. The molecule has 3 heteroatoms. The summed E-state index contributed by atoms with van der Waals surface area (Å²) >= 11 is 3.33. The van der Waals surface area contributed by atoms with E-state index in [1.165, 1.54) is 5.56 Å². The van der Waals surface area contributed by atoms with E-state index >= 15 is 0 Å². The van der Waals surface area contributed by atoms with Crippen LogP contribution >= 0.6 is 15.9 Å². The number of hydrogen-bond acceptors (Lipinski definition) is 1. The molecule has 0 unspecified atom stereocenters. The molecule has 0 atom stereocenters. The van der Waals surface area contributed by atoms with Gasteiger partial charge >= 0.3 is 0 Å². The lowest BCUT2D eigenvalue weighted by atomic mass is 10.1. The first-order valence-electron chi connectivity index (χ1n) is 4.03. The minimum absolute atomic E-state index is 0.899. The van der Waals surface area contributed by atoms with E-state index in [1.807, 2.05) is 12.1 Å². The summed E-state index contributed by atoms with van der Waals surface area (Å²) in [5, 5.41) is 0. The van der Waals surface area contributed by atoms with Gasteiger partial charge in [-0.2, -0.15) is 0 Å². The lowest BCUT2D eigenvalue weighted by Gasteiger charge is -1.97. The summed E-state index contributed by atoms with van der Waals surface area (Å²) in [6.45, 7) is 2.07. The zero-order chi connectivity index (χ0) is 9.26. The molecular weight excluding hydrogens is 228 g/mol. The Hall–Kier alpha value is -1.09. The van der Waals surface area contributed by atoms with Crippen molar-refractivity contribution in [3.05, 3.63) is 40.6 Å². The van der Waals surface area contributed by atoms with Gasteiger partial charge in [0, 0.05) is 5.56 Å². The molecule has 2 aromatic rings. The number of hydrogen-bond donors (Lipinski definition) is 1. The number of imidazole rings is 1. The second-order valence-corrected chi connectivity index (χ2v) is 3.80. The summed E-state index contributed by atoms with van der Waals surface area (Å²) in [7, 11) is 0. The van der Waals surface area contributed by atoms with Crippen molar-refractivity contribution in [3.8, 4) is 11.4 Å². The molecule has 1 aromatic carbocycles. The van der Waals surface area contributed by atoms with E-state index in [4.69, 9.17) is 0 Å². The van der Waals surface area contributed by atoms with E-state index < -0.39 is 0 Å². The molecule has 0 amide bonds. The molecule has 2 nitrogen and oxygen atoms in total. The molecule has 0 saturated heterocycles. The minimum atomic E-state index is 0.899. The standard InChI is InChI=1S/C10H9BrN2/c1-7-3-2-4-8(5-7)10-12-6-9(11)13-10/h2-6H,1H3,(H,12,13). The van der Waals surface area contributed by atoms with Gasteiger partial charge in [0.15, 0.2) is 0 Å². The van der Waals surface area contributed by atoms with E-state index in [0.717, 1.165) is 16.0 Å². The fourth-order valence-electron chi connectivity index (χ4n) is 1.24. The highest BCUT2D eigenvalue weighted by Crippen LogP contribution is 2.18. The Bertz CT molecular complexity index is 420. The molecule has 2 rings (SSSR count). The first-order valence-corrected chi connectivity index (χ1v) is 4.82. The normalized spacial score (nSPS) is 10.3. The topological polar surface area (TPSA) is 28.7 Å². The van der Waals surface area contributed by atoms with Crippen molar-refractivity contribution < 1.29 is 0 Å². The number of nitrogens with zero attached hydrogens (tertiary/aromatic N) is 1. The maximum absolute atomic E-state index is 4.22. The van der Waals surface area contributed by atoms with Crippen molar-refractivity contribution in [2.75, 3.05) is 0 Å². The van der Waals surface area contributed by atoms with E-state index in [1.54, 1.807) is 6.20 Å². The lowest BCUT2D eigenvalue weighted by Crippen LogP contribution is -1.80. The van der Waals surface area contributed by atoms with Gasteiger partial charge in [0.05, 0.1) is 6.20 Å². The second kappa shape index (κ2) is 3.34. The monoisotopic (exact) mass is 236 g/mol. The number of rotatable bonds is 1. The molecular formula is C10H9BrN2. The fraction of sp³-hybridized carbons (Fsp3) is 0.100. The van der Waals surface area contributed by atoms with Crippen molar-refractivity contribution in [2.24, 2.45) is 0 Å². The Morgan fingerprint density at radius 3 is 2.85 bits per heavy atom. The largest absolute Gasteiger partial charge is 0.333 e. The fourth-order valence-corrected chi connectivity index (χ4v) is 1.53. The predicted molar refractivity (Wildman–Crippen MR) is 56.5 cm³/mol. The second-order valence-electron chi connectivity index (χ2n) is 2.95. The minimum Gasteiger partial charge on any atom is -0.333 e. The van der Waals surface area contributed by atoms with Crippen LogP contribution in [0.15, 0.2) is 35.1 Å². The van der Waals surface area contributed by atoms with Crippen LogP contribution in [-0.4, -0.2) is 9.97 Å². The van der Waals surface area contributed by atoms with E-state index in [0.29, 0.717) is 0 Å². The Kier molecular flexibility index (Phi) is 2.19. The Morgan fingerprint density at radius 1 is 1.38 bits per heavy atom. The summed E-state index contributed by atoms with van der Waals surface area (Å²) < 4.78 is 0.906. The zero-order valence-electron chi connectivity index (χ0n) is 7.21. The van der Waals surface area contributed by atoms with Gasteiger partial charge < -0.3 is 4.98 Å². The van der Waals surface area contributed by atoms with E-state index in [9.17, 15) is 0 Å². The number of aromatic nitrogens is 2. The quantitative estimate of drug-likeness (QED) is 0.810. The van der Waals surface area contributed by atoms with Crippen LogP contribution in [-0.2, 0) is 0 Å². The van der Waals surface area contributed by atoms with Crippen LogP contribution in [0.4, 0.5) is 0 Å². The highest BCUT2D eigenvalue weighted by molar-refractivity contribution is 9.10. The molecule has 0 saturated carbocycles. The third-order valence-electron chi connectivity index (χ3n) is 1.84. The van der Waals surface area contributed by atoms with Gasteiger partial charge in [0.2, 0.25) is 0 Å². The Balaban J connectivity index is 2.46. The zero-order valence-corrected chi connectivity index (χ0v) is 8.80. The van der Waals surface area contributed by atoms with Gasteiger partial charge in [-0.3, -0.25) is 0 Å². The van der Waals surface area contributed by atoms with Crippen LogP contribution in [0.25, 0.3) is 11.4 Å². The van der Waals surface area contributed by atoms with Crippen LogP contribution in [0.3, 0.4) is 0 Å². The van der Waals surface area contributed by atoms with Crippen molar-refractivity contribution in [2.45, 2.75) is 6.92 Å². The highest BCUT2D eigenvalue weighted by Gasteiger charge is 2.00. The molecule has 0 aliphatic carbocycles. The van der Waals surface area contributed by atoms with Crippen molar-refractivity contribution in [3.63, 3.8) is 0 Å². The highest BCUT2D eigenvalue weighted by atomic mass is 79.9. The molecule has 0 aliphatic heterocycles. The molecule has 1 aromatic heterocycles. The maximum atomic E-state index is 4.22. The van der Waals surface area contributed by atoms with Crippen molar-refractivity contribution in [1.29, 1.82) is 0 Å². The van der Waals surface area contributed by atoms with Gasteiger partial charge in [-0.25, -0.2) is 4.98 Å². The third-order valence-corrected chi connectivity index (χ3v) is 2.24. The van der Waals surface area contributed by atoms with Crippen LogP contribution in [0, 0.1) is 6.92 Å². The molecule has 1 N–H and O–H groups in total. The van der Waals surface area contributed by atoms with Crippen LogP contribution in [0.2, 0.25) is 0 Å². The van der Waals surface area contributed by atoms with Gasteiger partial charge in [-0.1, -0.05) is 23.8 Å². The number of H-pyrrole nitrogens is 1. The average Bonchev–Trinajstić information content (AvgIpc) is 2.52. The van der Waals surface area contributed by atoms with Gasteiger partial charge in [-0.15, -0.1) is 0 Å². The summed E-state index contributed by atoms with van der Waals surface area (Å²) in [6, 6.07) is 8.24. The van der Waals surface area contributed by atoms with Crippen LogP contribution in [0.1, 0.15) is 5.56 Å². The van der Waals surface area contributed by atoms with E-state index in [-0.39, 0.29) is 0 Å². The number of benzene rings is 1. The maximum Gasteiger partial charge on any atom is 0.138 e. The average molecular weight is 237 g/mol. The molecule has 1 heterocycles. The van der Waals surface area contributed by atoms with Crippen LogP contribution in [0.5, 0.6) is 0 Å². The van der Waals surface area contributed by atoms with Crippen LogP contribution < -0.4 is 0 Å². The molecule has 0 spiro atoms. The third kappa shape index (κ3) is 1.80. The molecule has 0 bridgehead atoms. The van der Waals surface area contributed by atoms with Gasteiger partial charge in [-0.05, 0) is 28.9 Å². The van der Waals surface area contributed by atoms with Gasteiger partial charge in [0.1, 0.15) is 10.4 Å². The first kappa shape index (κ1) is 8.51. The van der Waals surface area contributed by atoms with Crippen molar-refractivity contribution >= 4 is 15.9 Å². The summed E-state index contributed by atoms with van der Waals surface area (Å²) in [6.07, 6.45) is 1.76. The molecule has 0 aliphatic rings. The first-order chi connectivity index (χ1) is 6.25. The number of aryl methyl sites for hydroxylation is 1. The molecule has 66 valence electrons. The summed E-state index contributed by atoms with van der Waals surface area (Å²) in [5.41, 5.74) is 2.36. The Labute approximate surface area is 85.1 Å². The lowest BCUT2D eigenvalue weighted by molar-refractivity contribution is 1.29. The van der Waals surface area contributed by atoms with Gasteiger partial charge in [0.25, 0.3) is 0 Å². The molecule has 0 radical (unpaired) electrons. The Morgan fingerprint density at radius 2 is 2.23 bits per heavy atom. The smallest absolute Gasteiger partial charge is 0.138 e. The predicted octanol–water partition coefficient (Wildman–Crippen LogP) is 3.15.